The molecule has 25 heavy (non-hydrogen) atoms. The molecule has 5 heteroatoms. The van der Waals surface area contributed by atoms with Gasteiger partial charge in [0.05, 0.1) is 0 Å². The largest absolute Gasteiger partial charge is 0.508 e. The number of phenols is 1. The summed E-state index contributed by atoms with van der Waals surface area (Å²) in [4.78, 5) is 17.0. The number of hydrogen-bond acceptors (Lipinski definition) is 4. The Kier molecular flexibility index (Phi) is 6.32. The first-order valence-corrected chi connectivity index (χ1v) is 9.60. The second kappa shape index (κ2) is 8.68. The lowest BCUT2D eigenvalue weighted by Crippen LogP contribution is -2.48. The number of benzene rings is 1. The van der Waals surface area contributed by atoms with Crippen LogP contribution in [0.4, 0.5) is 0 Å². The lowest BCUT2D eigenvalue weighted by atomic mass is 9.85. The third-order valence-corrected chi connectivity index (χ3v) is 5.68. The fraction of sp³-hybridized carbons (Fsp3) is 0.650. The lowest BCUT2D eigenvalue weighted by Gasteiger charge is -2.36. The summed E-state index contributed by atoms with van der Waals surface area (Å²) in [6.07, 6.45) is 3.16. The van der Waals surface area contributed by atoms with Gasteiger partial charge in [-0.05, 0) is 55.5 Å². The van der Waals surface area contributed by atoms with Crippen LogP contribution in [0.3, 0.4) is 0 Å². The molecular weight excluding hydrogens is 314 g/mol. The smallest absolute Gasteiger partial charge is 0.222 e. The molecule has 2 unspecified atom stereocenters. The minimum atomic E-state index is 0.315. The number of amides is 1. The summed E-state index contributed by atoms with van der Waals surface area (Å²) in [5, 5.41) is 13.0. The maximum Gasteiger partial charge on any atom is 0.222 e. The fourth-order valence-electron chi connectivity index (χ4n) is 4.00. The van der Waals surface area contributed by atoms with Crippen molar-refractivity contribution in [3.63, 3.8) is 0 Å². The van der Waals surface area contributed by atoms with Crippen molar-refractivity contribution >= 4 is 5.91 Å². The molecule has 2 N–H and O–H groups in total. The van der Waals surface area contributed by atoms with Crippen LogP contribution in [0.15, 0.2) is 24.3 Å². The highest BCUT2D eigenvalue weighted by Crippen LogP contribution is 2.23. The molecule has 2 aliphatic rings. The van der Waals surface area contributed by atoms with E-state index in [4.69, 9.17) is 0 Å². The highest BCUT2D eigenvalue weighted by molar-refractivity contribution is 5.76. The van der Waals surface area contributed by atoms with Gasteiger partial charge in [-0.3, -0.25) is 9.69 Å². The summed E-state index contributed by atoms with van der Waals surface area (Å²) in [6, 6.07) is 7.43. The Hall–Kier alpha value is -1.59. The topological polar surface area (TPSA) is 55.8 Å². The van der Waals surface area contributed by atoms with E-state index in [9.17, 15) is 9.90 Å². The van der Waals surface area contributed by atoms with Gasteiger partial charge in [0.25, 0.3) is 0 Å². The average molecular weight is 345 g/mol. The number of nitrogens with one attached hydrogen (secondary N) is 1. The van der Waals surface area contributed by atoms with Gasteiger partial charge in [0.2, 0.25) is 5.91 Å². The number of carbonyl (C=O) groups excluding carboxylic acids is 1. The normalized spacial score (nSPS) is 23.4. The van der Waals surface area contributed by atoms with Crippen LogP contribution in [0.5, 0.6) is 5.75 Å². The molecule has 0 saturated carbocycles. The van der Waals surface area contributed by atoms with Crippen LogP contribution in [0.2, 0.25) is 0 Å². The molecule has 1 aromatic rings. The first kappa shape index (κ1) is 18.2. The first-order valence-electron chi connectivity index (χ1n) is 9.60. The molecule has 1 aromatic carbocycles. The zero-order valence-electron chi connectivity index (χ0n) is 15.3. The van der Waals surface area contributed by atoms with E-state index in [2.05, 4.69) is 17.1 Å². The van der Waals surface area contributed by atoms with Crippen LogP contribution in [-0.4, -0.2) is 60.1 Å². The van der Waals surface area contributed by atoms with Crippen molar-refractivity contribution < 1.29 is 9.90 Å². The molecule has 0 radical (unpaired) electrons. The van der Waals surface area contributed by atoms with Crippen molar-refractivity contribution in [3.05, 3.63) is 29.8 Å². The molecule has 2 fully saturated rings. The number of piperazine rings is 1. The SMILES string of the molecule is CC(CC(=O)N1CCN(Cc2cccc(O)c2)CC1)C1CCCNC1. The van der Waals surface area contributed by atoms with E-state index in [1.165, 1.54) is 12.8 Å². The summed E-state index contributed by atoms with van der Waals surface area (Å²) >= 11 is 0. The third-order valence-electron chi connectivity index (χ3n) is 5.68. The summed E-state index contributed by atoms with van der Waals surface area (Å²) in [5.74, 6) is 1.74. The number of carbonyl (C=O) groups is 1. The Morgan fingerprint density at radius 2 is 2.12 bits per heavy atom. The minimum Gasteiger partial charge on any atom is -0.508 e. The first-order chi connectivity index (χ1) is 12.1. The minimum absolute atomic E-state index is 0.315. The van der Waals surface area contributed by atoms with Crippen LogP contribution >= 0.6 is 0 Å². The molecule has 3 rings (SSSR count). The quantitative estimate of drug-likeness (QED) is 0.858. The number of rotatable bonds is 5. The van der Waals surface area contributed by atoms with E-state index in [1.807, 2.05) is 23.1 Å². The molecule has 2 aliphatic heterocycles. The fourth-order valence-corrected chi connectivity index (χ4v) is 4.00. The van der Waals surface area contributed by atoms with Gasteiger partial charge < -0.3 is 15.3 Å². The number of piperidine rings is 1. The second-order valence-corrected chi connectivity index (χ2v) is 7.61. The van der Waals surface area contributed by atoms with Gasteiger partial charge in [-0.2, -0.15) is 0 Å². The highest BCUT2D eigenvalue weighted by Gasteiger charge is 2.26. The highest BCUT2D eigenvalue weighted by atomic mass is 16.3. The standard InChI is InChI=1S/C20H31N3O2/c1-16(18-5-3-7-21-14-18)12-20(25)23-10-8-22(9-11-23)15-17-4-2-6-19(24)13-17/h2,4,6,13,16,18,21,24H,3,5,7-12,14-15H2,1H3. The molecule has 2 heterocycles. The Morgan fingerprint density at radius 1 is 1.32 bits per heavy atom. The van der Waals surface area contributed by atoms with Crippen molar-refractivity contribution in [1.29, 1.82) is 0 Å². The Labute approximate surface area is 151 Å². The van der Waals surface area contributed by atoms with Crippen molar-refractivity contribution in [1.82, 2.24) is 15.1 Å². The number of hydrogen-bond donors (Lipinski definition) is 2. The van der Waals surface area contributed by atoms with Crippen LogP contribution in [0.25, 0.3) is 0 Å². The Morgan fingerprint density at radius 3 is 2.80 bits per heavy atom. The predicted octanol–water partition coefficient (Wildman–Crippen LogP) is 2.06. The summed E-state index contributed by atoms with van der Waals surface area (Å²) in [6.45, 7) is 8.68. The van der Waals surface area contributed by atoms with Crippen LogP contribution < -0.4 is 5.32 Å². The molecule has 0 bridgehead atoms. The van der Waals surface area contributed by atoms with Crippen LogP contribution in [-0.2, 0) is 11.3 Å². The van der Waals surface area contributed by atoms with Crippen molar-refractivity contribution in [2.75, 3.05) is 39.3 Å². The number of phenolic OH excluding ortho intramolecular Hbond substituents is 1. The second-order valence-electron chi connectivity index (χ2n) is 7.61. The van der Waals surface area contributed by atoms with Crippen molar-refractivity contribution in [2.24, 2.45) is 11.8 Å². The lowest BCUT2D eigenvalue weighted by molar-refractivity contribution is -0.134. The molecule has 2 saturated heterocycles. The maximum atomic E-state index is 12.6. The summed E-state index contributed by atoms with van der Waals surface area (Å²) in [5.41, 5.74) is 1.12. The molecule has 0 aliphatic carbocycles. The van der Waals surface area contributed by atoms with Gasteiger partial charge >= 0.3 is 0 Å². The molecule has 1 amide bonds. The maximum absolute atomic E-state index is 12.6. The number of nitrogens with zero attached hydrogens (tertiary/aromatic N) is 2. The zero-order chi connectivity index (χ0) is 17.6. The average Bonchev–Trinajstić information content (AvgIpc) is 2.63. The van der Waals surface area contributed by atoms with Gasteiger partial charge in [-0.1, -0.05) is 19.1 Å². The van der Waals surface area contributed by atoms with E-state index < -0.39 is 0 Å². The summed E-state index contributed by atoms with van der Waals surface area (Å²) < 4.78 is 0. The van der Waals surface area contributed by atoms with E-state index in [-0.39, 0.29) is 0 Å². The molecule has 2 atom stereocenters. The molecular formula is C20H31N3O2. The van der Waals surface area contributed by atoms with Gasteiger partial charge in [-0.25, -0.2) is 0 Å². The van der Waals surface area contributed by atoms with Gasteiger partial charge in [0.1, 0.15) is 5.75 Å². The monoisotopic (exact) mass is 345 g/mol. The molecule has 138 valence electrons. The van der Waals surface area contributed by atoms with Crippen LogP contribution in [0.1, 0.15) is 31.7 Å². The Bertz CT molecular complexity index is 564. The van der Waals surface area contributed by atoms with Crippen LogP contribution in [0, 0.1) is 11.8 Å². The predicted molar refractivity (Wildman–Crippen MR) is 99.3 cm³/mol. The van der Waals surface area contributed by atoms with Gasteiger partial charge in [0.15, 0.2) is 0 Å². The Balaban J connectivity index is 1.42. The summed E-state index contributed by atoms with van der Waals surface area (Å²) in [7, 11) is 0. The van der Waals surface area contributed by atoms with E-state index in [0.717, 1.165) is 51.4 Å². The van der Waals surface area contributed by atoms with Crippen molar-refractivity contribution in [2.45, 2.75) is 32.7 Å². The molecule has 5 nitrogen and oxygen atoms in total. The van der Waals surface area contributed by atoms with E-state index >= 15 is 0 Å². The zero-order valence-corrected chi connectivity index (χ0v) is 15.3. The molecule has 0 spiro atoms. The number of aromatic hydroxyl groups is 1. The molecule has 0 aromatic heterocycles. The van der Waals surface area contributed by atoms with Crippen molar-refractivity contribution in [3.8, 4) is 5.75 Å². The third kappa shape index (κ3) is 5.19. The van der Waals surface area contributed by atoms with E-state index in [1.54, 1.807) is 6.07 Å². The van der Waals surface area contributed by atoms with E-state index in [0.29, 0.717) is 29.9 Å². The van der Waals surface area contributed by atoms with Gasteiger partial charge in [-0.15, -0.1) is 0 Å². The van der Waals surface area contributed by atoms with Gasteiger partial charge in [0, 0.05) is 39.1 Å².